The molecule has 3 rings (SSSR count). The Kier molecular flexibility index (Phi) is 5.41. The first-order chi connectivity index (χ1) is 11.6. The molecule has 1 amide bonds. The van der Waals surface area contributed by atoms with Gasteiger partial charge in [0.1, 0.15) is 5.75 Å². The maximum atomic E-state index is 12.9. The molecule has 1 saturated carbocycles. The van der Waals surface area contributed by atoms with E-state index in [-0.39, 0.29) is 12.0 Å². The molecule has 1 saturated heterocycles. The third-order valence-corrected chi connectivity index (χ3v) is 5.10. The van der Waals surface area contributed by atoms with E-state index in [1.165, 1.54) is 12.8 Å². The fourth-order valence-electron chi connectivity index (χ4n) is 3.28. The van der Waals surface area contributed by atoms with Gasteiger partial charge in [0.05, 0.1) is 18.3 Å². The zero-order chi connectivity index (χ0) is 17.1. The Morgan fingerprint density at radius 2 is 2.08 bits per heavy atom. The molecule has 0 bridgehead atoms. The highest BCUT2D eigenvalue weighted by Gasteiger charge is 2.31. The molecule has 0 aromatic heterocycles. The zero-order valence-corrected chi connectivity index (χ0v) is 14.9. The van der Waals surface area contributed by atoms with Crippen LogP contribution in [0.1, 0.15) is 29.6 Å². The first-order valence-electron chi connectivity index (χ1n) is 8.78. The van der Waals surface area contributed by atoms with Crippen molar-refractivity contribution in [2.45, 2.75) is 31.4 Å². The van der Waals surface area contributed by atoms with Gasteiger partial charge in [-0.25, -0.2) is 0 Å². The molecule has 1 aromatic rings. The second-order valence-corrected chi connectivity index (χ2v) is 7.12. The second-order valence-electron chi connectivity index (χ2n) is 7.12. The molecular formula is C19H28N2O3. The predicted molar refractivity (Wildman–Crippen MR) is 93.5 cm³/mol. The van der Waals surface area contributed by atoms with Crippen LogP contribution in [0.15, 0.2) is 24.3 Å². The number of hydrogen-bond acceptors (Lipinski definition) is 4. The SMILES string of the molecule is CO[C@H]1C[C@@H](CN(C)C(=O)c2ccccc2OCC2CC2)N(C)C1. The van der Waals surface area contributed by atoms with E-state index in [0.717, 1.165) is 19.6 Å². The highest BCUT2D eigenvalue weighted by atomic mass is 16.5. The standard InChI is InChI=1S/C19H28N2O3/c1-20-12-16(23-3)10-15(20)11-21(2)19(22)17-6-4-5-7-18(17)24-13-14-8-9-14/h4-7,14-16H,8-13H2,1-3H3/t15-,16-/m0/s1. The van der Waals surface area contributed by atoms with Gasteiger partial charge in [-0.3, -0.25) is 9.69 Å². The molecule has 0 spiro atoms. The second kappa shape index (κ2) is 7.53. The third kappa shape index (κ3) is 4.08. The summed E-state index contributed by atoms with van der Waals surface area (Å²) in [5, 5.41) is 0. The Hall–Kier alpha value is -1.59. The summed E-state index contributed by atoms with van der Waals surface area (Å²) in [6, 6.07) is 7.91. The van der Waals surface area contributed by atoms with E-state index in [1.807, 2.05) is 31.3 Å². The van der Waals surface area contributed by atoms with Crippen molar-refractivity contribution in [2.24, 2.45) is 5.92 Å². The van der Waals surface area contributed by atoms with Crippen molar-refractivity contribution < 1.29 is 14.3 Å². The van der Waals surface area contributed by atoms with Crippen LogP contribution in [0, 0.1) is 5.92 Å². The molecule has 132 valence electrons. The first-order valence-corrected chi connectivity index (χ1v) is 8.78. The number of benzene rings is 1. The third-order valence-electron chi connectivity index (χ3n) is 5.10. The van der Waals surface area contributed by atoms with E-state index in [9.17, 15) is 4.79 Å². The van der Waals surface area contributed by atoms with E-state index < -0.39 is 0 Å². The average Bonchev–Trinajstić information content (AvgIpc) is 3.36. The predicted octanol–water partition coefficient (Wildman–Crippen LogP) is 2.27. The van der Waals surface area contributed by atoms with Gasteiger partial charge in [0.25, 0.3) is 5.91 Å². The molecule has 2 aliphatic rings. The van der Waals surface area contributed by atoms with Crippen LogP contribution in [-0.4, -0.2) is 68.8 Å². The van der Waals surface area contributed by atoms with E-state index in [4.69, 9.17) is 9.47 Å². The number of amides is 1. The summed E-state index contributed by atoms with van der Waals surface area (Å²) in [7, 11) is 5.71. The summed E-state index contributed by atoms with van der Waals surface area (Å²) in [6.45, 7) is 2.34. The van der Waals surface area contributed by atoms with Gasteiger partial charge in [-0.1, -0.05) is 12.1 Å². The molecule has 24 heavy (non-hydrogen) atoms. The summed E-state index contributed by atoms with van der Waals surface area (Å²) >= 11 is 0. The van der Waals surface area contributed by atoms with Crippen LogP contribution in [0.5, 0.6) is 5.75 Å². The molecule has 1 aliphatic heterocycles. The van der Waals surface area contributed by atoms with E-state index in [2.05, 4.69) is 11.9 Å². The van der Waals surface area contributed by atoms with Crippen LogP contribution in [0.4, 0.5) is 0 Å². The number of ether oxygens (including phenoxy) is 2. The topological polar surface area (TPSA) is 42.0 Å². The number of carbonyl (C=O) groups is 1. The largest absolute Gasteiger partial charge is 0.492 e. The Morgan fingerprint density at radius 3 is 2.75 bits per heavy atom. The van der Waals surface area contributed by atoms with Crippen molar-refractivity contribution in [1.82, 2.24) is 9.80 Å². The summed E-state index contributed by atoms with van der Waals surface area (Å²) in [5.41, 5.74) is 0.657. The lowest BCUT2D eigenvalue weighted by molar-refractivity contribution is 0.0755. The van der Waals surface area contributed by atoms with Gasteiger partial charge in [-0.05, 0) is 44.4 Å². The number of carbonyl (C=O) groups excluding carboxylic acids is 1. The summed E-state index contributed by atoms with van der Waals surface area (Å²) in [6.07, 6.45) is 3.71. The van der Waals surface area contributed by atoms with Crippen molar-refractivity contribution in [2.75, 3.05) is 40.9 Å². The van der Waals surface area contributed by atoms with Crippen molar-refractivity contribution in [3.8, 4) is 5.75 Å². The van der Waals surface area contributed by atoms with Gasteiger partial charge >= 0.3 is 0 Å². The van der Waals surface area contributed by atoms with Crippen LogP contribution in [0.3, 0.4) is 0 Å². The summed E-state index contributed by atoms with van der Waals surface area (Å²) < 4.78 is 11.3. The van der Waals surface area contributed by atoms with Gasteiger partial charge in [-0.2, -0.15) is 0 Å². The summed E-state index contributed by atoms with van der Waals surface area (Å²) in [4.78, 5) is 16.9. The highest BCUT2D eigenvalue weighted by Crippen LogP contribution is 2.30. The van der Waals surface area contributed by atoms with Gasteiger partial charge in [0.2, 0.25) is 0 Å². The van der Waals surface area contributed by atoms with E-state index in [1.54, 1.807) is 12.0 Å². The van der Waals surface area contributed by atoms with Crippen molar-refractivity contribution in [3.63, 3.8) is 0 Å². The molecule has 0 unspecified atom stereocenters. The molecule has 0 radical (unpaired) electrons. The minimum Gasteiger partial charge on any atom is -0.492 e. The lowest BCUT2D eigenvalue weighted by Crippen LogP contribution is -2.39. The number of para-hydroxylation sites is 1. The van der Waals surface area contributed by atoms with Gasteiger partial charge in [0, 0.05) is 33.3 Å². The number of likely N-dealkylation sites (tertiary alicyclic amines) is 1. The number of nitrogens with zero attached hydrogens (tertiary/aromatic N) is 2. The molecule has 2 atom stereocenters. The Bertz CT molecular complexity index is 573. The molecule has 1 heterocycles. The number of methoxy groups -OCH3 is 1. The molecule has 5 heteroatoms. The Morgan fingerprint density at radius 1 is 1.33 bits per heavy atom. The minimum atomic E-state index is 0.0238. The lowest BCUT2D eigenvalue weighted by atomic mass is 10.1. The van der Waals surface area contributed by atoms with Crippen LogP contribution in [0.25, 0.3) is 0 Å². The van der Waals surface area contributed by atoms with Crippen LogP contribution < -0.4 is 4.74 Å². The quantitative estimate of drug-likeness (QED) is 0.768. The number of rotatable bonds is 7. The average molecular weight is 332 g/mol. The van der Waals surface area contributed by atoms with Crippen molar-refractivity contribution >= 4 is 5.91 Å². The van der Waals surface area contributed by atoms with Crippen molar-refractivity contribution in [3.05, 3.63) is 29.8 Å². The minimum absolute atomic E-state index is 0.0238. The molecule has 1 aliphatic carbocycles. The molecule has 0 N–H and O–H groups in total. The fraction of sp³-hybridized carbons (Fsp3) is 0.632. The van der Waals surface area contributed by atoms with Crippen LogP contribution in [0.2, 0.25) is 0 Å². The van der Waals surface area contributed by atoms with Crippen LogP contribution in [-0.2, 0) is 4.74 Å². The summed E-state index contributed by atoms with van der Waals surface area (Å²) in [5.74, 6) is 1.40. The molecule has 2 fully saturated rings. The monoisotopic (exact) mass is 332 g/mol. The number of hydrogen-bond donors (Lipinski definition) is 0. The van der Waals surface area contributed by atoms with E-state index >= 15 is 0 Å². The van der Waals surface area contributed by atoms with Crippen LogP contribution >= 0.6 is 0 Å². The maximum absolute atomic E-state index is 12.9. The fourth-order valence-corrected chi connectivity index (χ4v) is 3.28. The highest BCUT2D eigenvalue weighted by molar-refractivity contribution is 5.96. The molecular weight excluding hydrogens is 304 g/mol. The molecule has 5 nitrogen and oxygen atoms in total. The van der Waals surface area contributed by atoms with Gasteiger partial charge < -0.3 is 14.4 Å². The van der Waals surface area contributed by atoms with Gasteiger partial charge in [0.15, 0.2) is 0 Å². The van der Waals surface area contributed by atoms with Gasteiger partial charge in [-0.15, -0.1) is 0 Å². The van der Waals surface area contributed by atoms with Crippen molar-refractivity contribution in [1.29, 1.82) is 0 Å². The molecule has 1 aromatic carbocycles. The van der Waals surface area contributed by atoms with E-state index in [0.29, 0.717) is 29.8 Å². The smallest absolute Gasteiger partial charge is 0.257 e. The maximum Gasteiger partial charge on any atom is 0.257 e. The number of likely N-dealkylation sites (N-methyl/N-ethyl adjacent to an activating group) is 2. The first kappa shape index (κ1) is 17.2. The zero-order valence-electron chi connectivity index (χ0n) is 14.9. The normalized spacial score (nSPS) is 24.1. The lowest BCUT2D eigenvalue weighted by Gasteiger charge is -2.26. The Labute approximate surface area is 144 Å². The Balaban J connectivity index is 1.62.